The third kappa shape index (κ3) is 3.37. The lowest BCUT2D eigenvalue weighted by Crippen LogP contribution is -1.99. The summed E-state index contributed by atoms with van der Waals surface area (Å²) in [7, 11) is 0. The first-order chi connectivity index (χ1) is 14.3. The van der Waals surface area contributed by atoms with Crippen LogP contribution in [0.4, 0.5) is 0 Å². The normalized spacial score (nSPS) is 10.9. The summed E-state index contributed by atoms with van der Waals surface area (Å²) in [6, 6.07) is 32.6. The van der Waals surface area contributed by atoms with Gasteiger partial charge in [-0.25, -0.2) is 4.98 Å². The first kappa shape index (κ1) is 17.5. The highest BCUT2D eigenvalue weighted by atomic mass is 35.5. The first-order valence-electron chi connectivity index (χ1n) is 9.34. The molecule has 0 amide bonds. The Labute approximate surface area is 173 Å². The zero-order valence-corrected chi connectivity index (χ0v) is 16.2. The van der Waals surface area contributed by atoms with Crippen LogP contribution >= 0.6 is 11.6 Å². The maximum absolute atomic E-state index is 6.30. The molecule has 0 saturated heterocycles. The van der Waals surface area contributed by atoms with E-state index in [1.54, 1.807) is 0 Å². The van der Waals surface area contributed by atoms with Gasteiger partial charge in [0.25, 0.3) is 0 Å². The minimum Gasteiger partial charge on any atom is -0.208 e. The Hall–Kier alpha value is -3.56. The molecule has 29 heavy (non-hydrogen) atoms. The zero-order valence-electron chi connectivity index (χ0n) is 15.5. The van der Waals surface area contributed by atoms with E-state index in [0.717, 1.165) is 27.6 Å². The van der Waals surface area contributed by atoms with Gasteiger partial charge in [-0.15, -0.1) is 0 Å². The van der Waals surface area contributed by atoms with Crippen LogP contribution in [0.2, 0.25) is 5.28 Å². The van der Waals surface area contributed by atoms with Crippen molar-refractivity contribution in [1.29, 1.82) is 0 Å². The van der Waals surface area contributed by atoms with E-state index in [4.69, 9.17) is 16.6 Å². The molecule has 0 N–H and O–H groups in total. The van der Waals surface area contributed by atoms with Crippen molar-refractivity contribution < 1.29 is 0 Å². The highest BCUT2D eigenvalue weighted by molar-refractivity contribution is 6.28. The average Bonchev–Trinajstić information content (AvgIpc) is 2.79. The molecule has 0 atom stereocenters. The number of hydrogen-bond acceptors (Lipinski definition) is 3. The Balaban J connectivity index is 1.79. The van der Waals surface area contributed by atoms with Gasteiger partial charge in [0.05, 0.1) is 0 Å². The maximum atomic E-state index is 6.30. The van der Waals surface area contributed by atoms with Crippen LogP contribution in [0.3, 0.4) is 0 Å². The largest absolute Gasteiger partial charge is 0.226 e. The van der Waals surface area contributed by atoms with Gasteiger partial charge in [-0.05, 0) is 34.0 Å². The molecule has 138 valence electrons. The van der Waals surface area contributed by atoms with Crippen molar-refractivity contribution in [3.63, 3.8) is 0 Å². The van der Waals surface area contributed by atoms with Gasteiger partial charge in [-0.1, -0.05) is 91.0 Å². The summed E-state index contributed by atoms with van der Waals surface area (Å²) in [5.41, 5.74) is 4.03. The summed E-state index contributed by atoms with van der Waals surface area (Å²) in [6.07, 6.45) is 0. The molecule has 0 spiro atoms. The minimum absolute atomic E-state index is 0.182. The first-order valence-corrected chi connectivity index (χ1v) is 9.72. The van der Waals surface area contributed by atoms with E-state index in [0.29, 0.717) is 11.6 Å². The van der Waals surface area contributed by atoms with Crippen LogP contribution in [-0.2, 0) is 0 Å². The van der Waals surface area contributed by atoms with Crippen molar-refractivity contribution in [3.05, 3.63) is 102 Å². The van der Waals surface area contributed by atoms with E-state index in [2.05, 4.69) is 46.4 Å². The molecule has 4 heteroatoms. The topological polar surface area (TPSA) is 38.7 Å². The number of rotatable bonds is 3. The zero-order chi connectivity index (χ0) is 19.6. The second kappa shape index (κ2) is 7.46. The molecule has 0 saturated carbocycles. The van der Waals surface area contributed by atoms with Gasteiger partial charge in [-0.3, -0.25) is 0 Å². The lowest BCUT2D eigenvalue weighted by molar-refractivity contribution is 1.07. The van der Waals surface area contributed by atoms with Crippen molar-refractivity contribution in [2.45, 2.75) is 0 Å². The Bertz CT molecular complexity index is 1300. The van der Waals surface area contributed by atoms with Gasteiger partial charge in [0, 0.05) is 16.7 Å². The molecule has 0 bridgehead atoms. The summed E-state index contributed by atoms with van der Waals surface area (Å²) in [6.45, 7) is 0. The summed E-state index contributed by atoms with van der Waals surface area (Å²) < 4.78 is 0. The Kier molecular flexibility index (Phi) is 4.51. The highest BCUT2D eigenvalue weighted by Crippen LogP contribution is 2.37. The molecular formula is C25H16ClN3. The maximum Gasteiger partial charge on any atom is 0.226 e. The van der Waals surface area contributed by atoms with E-state index >= 15 is 0 Å². The Morgan fingerprint density at radius 3 is 1.90 bits per heavy atom. The molecule has 0 aliphatic rings. The van der Waals surface area contributed by atoms with Gasteiger partial charge in [-0.2, -0.15) is 9.97 Å². The molecule has 0 unspecified atom stereocenters. The molecule has 5 aromatic rings. The predicted molar refractivity (Wildman–Crippen MR) is 119 cm³/mol. The van der Waals surface area contributed by atoms with Gasteiger partial charge < -0.3 is 0 Å². The van der Waals surface area contributed by atoms with Crippen molar-refractivity contribution in [3.8, 4) is 33.9 Å². The van der Waals surface area contributed by atoms with E-state index in [-0.39, 0.29) is 5.28 Å². The van der Waals surface area contributed by atoms with Crippen molar-refractivity contribution >= 4 is 22.4 Å². The van der Waals surface area contributed by atoms with Crippen LogP contribution in [0.5, 0.6) is 0 Å². The molecule has 4 aromatic carbocycles. The summed E-state index contributed by atoms with van der Waals surface area (Å²) in [4.78, 5) is 13.6. The van der Waals surface area contributed by atoms with Gasteiger partial charge in [0.1, 0.15) is 0 Å². The molecule has 1 heterocycles. The lowest BCUT2D eigenvalue weighted by atomic mass is 9.93. The standard InChI is InChI=1S/C25H16ClN3/c26-25-28-23(19-12-5-2-6-13-19)27-24(29-25)21-16-15-17-9-7-8-14-20(17)22(21)18-10-3-1-4-11-18/h1-16H. The third-order valence-corrected chi connectivity index (χ3v) is 5.04. The van der Waals surface area contributed by atoms with Crippen molar-refractivity contribution in [1.82, 2.24) is 15.0 Å². The Morgan fingerprint density at radius 1 is 0.517 bits per heavy atom. The minimum atomic E-state index is 0.182. The number of aromatic nitrogens is 3. The molecule has 0 aliphatic heterocycles. The SMILES string of the molecule is Clc1nc(-c2ccccc2)nc(-c2ccc3ccccc3c2-c2ccccc2)n1. The number of benzene rings is 4. The van der Waals surface area contributed by atoms with E-state index < -0.39 is 0 Å². The van der Waals surface area contributed by atoms with Gasteiger partial charge in [0.15, 0.2) is 11.6 Å². The number of halogens is 1. The molecule has 0 aliphatic carbocycles. The van der Waals surface area contributed by atoms with Gasteiger partial charge in [0.2, 0.25) is 5.28 Å². The highest BCUT2D eigenvalue weighted by Gasteiger charge is 2.16. The van der Waals surface area contributed by atoms with E-state index in [9.17, 15) is 0 Å². The second-order valence-corrected chi connectivity index (χ2v) is 7.03. The quantitative estimate of drug-likeness (QED) is 0.343. The molecule has 0 fully saturated rings. The number of nitrogens with zero attached hydrogens (tertiary/aromatic N) is 3. The van der Waals surface area contributed by atoms with E-state index in [1.807, 2.05) is 60.7 Å². The van der Waals surface area contributed by atoms with Crippen LogP contribution in [0.1, 0.15) is 0 Å². The fraction of sp³-hybridized carbons (Fsp3) is 0. The molecule has 5 rings (SSSR count). The molecular weight excluding hydrogens is 378 g/mol. The number of hydrogen-bond donors (Lipinski definition) is 0. The summed E-state index contributed by atoms with van der Waals surface area (Å²) in [5, 5.41) is 2.49. The second-order valence-electron chi connectivity index (χ2n) is 6.69. The van der Waals surface area contributed by atoms with Crippen LogP contribution in [-0.4, -0.2) is 15.0 Å². The molecule has 0 radical (unpaired) electrons. The van der Waals surface area contributed by atoms with Crippen molar-refractivity contribution in [2.75, 3.05) is 0 Å². The fourth-order valence-electron chi connectivity index (χ4n) is 3.56. The molecule has 3 nitrogen and oxygen atoms in total. The molecule has 1 aromatic heterocycles. The third-order valence-electron chi connectivity index (χ3n) is 4.87. The smallest absolute Gasteiger partial charge is 0.208 e. The van der Waals surface area contributed by atoms with Crippen LogP contribution in [0.15, 0.2) is 97.1 Å². The van der Waals surface area contributed by atoms with Crippen molar-refractivity contribution in [2.24, 2.45) is 0 Å². The predicted octanol–water partition coefficient (Wildman–Crippen LogP) is 6.68. The van der Waals surface area contributed by atoms with Crippen LogP contribution < -0.4 is 0 Å². The average molecular weight is 394 g/mol. The van der Waals surface area contributed by atoms with Gasteiger partial charge >= 0.3 is 0 Å². The fourth-order valence-corrected chi connectivity index (χ4v) is 3.72. The van der Waals surface area contributed by atoms with Crippen LogP contribution in [0.25, 0.3) is 44.7 Å². The van der Waals surface area contributed by atoms with E-state index in [1.165, 1.54) is 5.39 Å². The summed E-state index contributed by atoms with van der Waals surface area (Å²) in [5.74, 6) is 1.13. The summed E-state index contributed by atoms with van der Waals surface area (Å²) >= 11 is 6.30. The number of fused-ring (bicyclic) bond motifs is 1. The Morgan fingerprint density at radius 2 is 1.14 bits per heavy atom. The lowest BCUT2D eigenvalue weighted by Gasteiger charge is -2.13. The monoisotopic (exact) mass is 393 g/mol. The van der Waals surface area contributed by atoms with Crippen LogP contribution in [0, 0.1) is 0 Å².